The summed E-state index contributed by atoms with van der Waals surface area (Å²) in [6, 6.07) is 17.0. The number of amides is 1. The lowest BCUT2D eigenvalue weighted by molar-refractivity contribution is -0.115. The monoisotopic (exact) mass is 298 g/mol. The Morgan fingerprint density at radius 2 is 1.57 bits per heavy atom. The van der Waals surface area contributed by atoms with Gasteiger partial charge in [0.05, 0.1) is 11.6 Å². The van der Waals surface area contributed by atoms with E-state index in [0.717, 1.165) is 16.7 Å². The Morgan fingerprint density at radius 1 is 1.05 bits per heavy atom. The summed E-state index contributed by atoms with van der Waals surface area (Å²) in [6.45, 7) is 0. The maximum atomic E-state index is 11.6. The Morgan fingerprint density at radius 3 is 2.05 bits per heavy atom. The molecule has 0 radical (unpaired) electrons. The highest BCUT2D eigenvalue weighted by molar-refractivity contribution is 7.84. The Bertz CT molecular complexity index is 701. The lowest BCUT2D eigenvalue weighted by Gasteiger charge is -2.04. The van der Waals surface area contributed by atoms with E-state index in [1.54, 1.807) is 12.1 Å². The lowest BCUT2D eigenvalue weighted by atomic mass is 10.0. The first-order chi connectivity index (χ1) is 10.1. The van der Waals surface area contributed by atoms with Crippen LogP contribution in [0.1, 0.15) is 11.1 Å². The molecule has 0 unspecified atom stereocenters. The van der Waals surface area contributed by atoms with Crippen molar-refractivity contribution in [3.63, 3.8) is 0 Å². The SMILES string of the molecule is N#Cc1ccc(-c2ccc(C[S@@](=O)CC(N)=O)cc2)cc1. The molecule has 0 bridgehead atoms. The van der Waals surface area contributed by atoms with Gasteiger partial charge in [0.15, 0.2) is 0 Å². The second-order valence-corrected chi connectivity index (χ2v) is 6.04. The highest BCUT2D eigenvalue weighted by atomic mass is 32.2. The van der Waals surface area contributed by atoms with Crippen LogP contribution in [-0.4, -0.2) is 15.9 Å². The molecule has 1 atom stereocenters. The van der Waals surface area contributed by atoms with E-state index in [-0.39, 0.29) is 5.75 Å². The van der Waals surface area contributed by atoms with Crippen molar-refractivity contribution in [2.45, 2.75) is 5.75 Å². The smallest absolute Gasteiger partial charge is 0.230 e. The highest BCUT2D eigenvalue weighted by Gasteiger charge is 2.06. The van der Waals surface area contributed by atoms with Crippen molar-refractivity contribution in [2.75, 3.05) is 5.75 Å². The zero-order valence-electron chi connectivity index (χ0n) is 11.3. The fourth-order valence-electron chi connectivity index (χ4n) is 1.93. The third-order valence-electron chi connectivity index (χ3n) is 2.93. The summed E-state index contributed by atoms with van der Waals surface area (Å²) < 4.78 is 11.6. The van der Waals surface area contributed by atoms with Crippen molar-refractivity contribution in [1.82, 2.24) is 0 Å². The van der Waals surface area contributed by atoms with Gasteiger partial charge in [-0.2, -0.15) is 5.26 Å². The molecule has 0 aliphatic heterocycles. The second kappa shape index (κ2) is 6.82. The van der Waals surface area contributed by atoms with Gasteiger partial charge in [-0.25, -0.2) is 0 Å². The first-order valence-corrected chi connectivity index (χ1v) is 7.80. The summed E-state index contributed by atoms with van der Waals surface area (Å²) in [4.78, 5) is 10.7. The van der Waals surface area contributed by atoms with Crippen molar-refractivity contribution in [1.29, 1.82) is 5.26 Å². The molecule has 21 heavy (non-hydrogen) atoms. The van der Waals surface area contributed by atoms with Crippen LogP contribution in [0.2, 0.25) is 0 Å². The van der Waals surface area contributed by atoms with Crippen molar-refractivity contribution in [3.8, 4) is 17.2 Å². The third kappa shape index (κ3) is 4.26. The van der Waals surface area contributed by atoms with Crippen molar-refractivity contribution >= 4 is 16.7 Å². The predicted molar refractivity (Wildman–Crippen MR) is 82.5 cm³/mol. The zero-order valence-corrected chi connectivity index (χ0v) is 12.1. The number of nitrogens with zero attached hydrogens (tertiary/aromatic N) is 1. The number of nitriles is 1. The fraction of sp³-hybridized carbons (Fsp3) is 0.125. The van der Waals surface area contributed by atoms with Crippen LogP contribution in [0.4, 0.5) is 0 Å². The van der Waals surface area contributed by atoms with Gasteiger partial charge < -0.3 is 5.73 Å². The van der Waals surface area contributed by atoms with Crippen LogP contribution in [0.3, 0.4) is 0 Å². The number of rotatable bonds is 5. The Labute approximate surface area is 125 Å². The number of hydrogen-bond acceptors (Lipinski definition) is 3. The number of carbonyl (C=O) groups excluding carboxylic acids is 1. The maximum absolute atomic E-state index is 11.6. The van der Waals surface area contributed by atoms with E-state index in [9.17, 15) is 9.00 Å². The molecule has 2 N–H and O–H groups in total. The van der Waals surface area contributed by atoms with Gasteiger partial charge in [-0.15, -0.1) is 0 Å². The molecule has 0 fully saturated rings. The Kier molecular flexibility index (Phi) is 4.85. The molecule has 0 aliphatic rings. The third-order valence-corrected chi connectivity index (χ3v) is 4.19. The van der Waals surface area contributed by atoms with E-state index in [2.05, 4.69) is 6.07 Å². The van der Waals surface area contributed by atoms with Gasteiger partial charge in [0.25, 0.3) is 0 Å². The lowest BCUT2D eigenvalue weighted by Crippen LogP contribution is -2.20. The first-order valence-electron chi connectivity index (χ1n) is 6.31. The van der Waals surface area contributed by atoms with Gasteiger partial charge in [-0.05, 0) is 28.8 Å². The van der Waals surface area contributed by atoms with E-state index in [4.69, 9.17) is 11.0 Å². The van der Waals surface area contributed by atoms with E-state index in [1.807, 2.05) is 36.4 Å². The van der Waals surface area contributed by atoms with Crippen LogP contribution in [0.25, 0.3) is 11.1 Å². The molecule has 0 saturated heterocycles. The van der Waals surface area contributed by atoms with Crippen LogP contribution in [0, 0.1) is 11.3 Å². The summed E-state index contributed by atoms with van der Waals surface area (Å²) in [5, 5.41) is 8.77. The van der Waals surface area contributed by atoms with Gasteiger partial charge in [0.2, 0.25) is 5.91 Å². The molecule has 106 valence electrons. The molecular weight excluding hydrogens is 284 g/mol. The van der Waals surface area contributed by atoms with E-state index in [0.29, 0.717) is 11.3 Å². The molecule has 0 heterocycles. The number of carbonyl (C=O) groups is 1. The van der Waals surface area contributed by atoms with Gasteiger partial charge in [-0.1, -0.05) is 36.4 Å². The summed E-state index contributed by atoms with van der Waals surface area (Å²) >= 11 is 0. The second-order valence-electron chi connectivity index (χ2n) is 4.58. The fourth-order valence-corrected chi connectivity index (χ4v) is 2.91. The largest absolute Gasteiger partial charge is 0.369 e. The maximum Gasteiger partial charge on any atom is 0.230 e. The molecule has 0 saturated carbocycles. The highest BCUT2D eigenvalue weighted by Crippen LogP contribution is 2.20. The standard InChI is InChI=1S/C16H14N2O2S/c17-9-12-1-5-14(6-2-12)15-7-3-13(4-8-15)10-21(20)11-16(18)19/h1-8H,10-11H2,(H2,18,19)/t21-/m1/s1. The average molecular weight is 298 g/mol. The normalized spacial score (nSPS) is 11.6. The number of primary amides is 1. The van der Waals surface area contributed by atoms with E-state index >= 15 is 0 Å². The van der Waals surface area contributed by atoms with Crippen LogP contribution in [0.5, 0.6) is 0 Å². The molecule has 1 amide bonds. The van der Waals surface area contributed by atoms with Crippen molar-refractivity contribution in [3.05, 3.63) is 59.7 Å². The molecule has 0 spiro atoms. The molecule has 2 aromatic rings. The van der Waals surface area contributed by atoms with Crippen LogP contribution in [-0.2, 0) is 21.3 Å². The van der Waals surface area contributed by atoms with E-state index < -0.39 is 16.7 Å². The summed E-state index contributed by atoms with van der Waals surface area (Å²) in [6.07, 6.45) is 0. The molecule has 2 aromatic carbocycles. The van der Waals surface area contributed by atoms with Gasteiger partial charge in [0.1, 0.15) is 5.75 Å². The van der Waals surface area contributed by atoms with Crippen LogP contribution >= 0.6 is 0 Å². The van der Waals surface area contributed by atoms with Crippen LogP contribution < -0.4 is 5.73 Å². The number of benzene rings is 2. The Hall–Kier alpha value is -2.45. The molecule has 0 aromatic heterocycles. The van der Waals surface area contributed by atoms with Crippen molar-refractivity contribution in [2.24, 2.45) is 5.73 Å². The van der Waals surface area contributed by atoms with E-state index in [1.165, 1.54) is 0 Å². The molecular formula is C16H14N2O2S. The first kappa shape index (κ1) is 14.9. The number of nitrogens with two attached hydrogens (primary N) is 1. The summed E-state index contributed by atoms with van der Waals surface area (Å²) in [7, 11) is -1.27. The minimum Gasteiger partial charge on any atom is -0.369 e. The topological polar surface area (TPSA) is 83.9 Å². The zero-order chi connectivity index (χ0) is 15.2. The summed E-state index contributed by atoms with van der Waals surface area (Å²) in [5.74, 6) is -0.351. The predicted octanol–water partition coefficient (Wildman–Crippen LogP) is 1.96. The molecule has 4 nitrogen and oxygen atoms in total. The molecule has 5 heteroatoms. The van der Waals surface area contributed by atoms with Crippen LogP contribution in [0.15, 0.2) is 48.5 Å². The average Bonchev–Trinajstić information content (AvgIpc) is 2.47. The van der Waals surface area contributed by atoms with Gasteiger partial charge >= 0.3 is 0 Å². The quantitative estimate of drug-likeness (QED) is 0.915. The molecule has 2 rings (SSSR count). The minimum atomic E-state index is -1.27. The minimum absolute atomic E-state index is 0.114. The van der Waals surface area contributed by atoms with Crippen molar-refractivity contribution < 1.29 is 9.00 Å². The summed E-state index contributed by atoms with van der Waals surface area (Å²) in [5.41, 5.74) is 8.56. The Balaban J connectivity index is 2.09. The number of hydrogen-bond donors (Lipinski definition) is 1. The van der Waals surface area contributed by atoms with Gasteiger partial charge in [0, 0.05) is 16.6 Å². The van der Waals surface area contributed by atoms with Gasteiger partial charge in [-0.3, -0.25) is 9.00 Å². The molecule has 0 aliphatic carbocycles.